The van der Waals surface area contributed by atoms with Gasteiger partial charge in [0.15, 0.2) is 0 Å². The van der Waals surface area contributed by atoms with Gasteiger partial charge in [0.1, 0.15) is 11.3 Å². The van der Waals surface area contributed by atoms with Crippen molar-refractivity contribution in [1.82, 2.24) is 0 Å². The van der Waals surface area contributed by atoms with Gasteiger partial charge in [0.05, 0.1) is 5.41 Å². The maximum Gasteiger partial charge on any atom is 0.336 e. The molecule has 122 valence electrons. The van der Waals surface area contributed by atoms with Gasteiger partial charge >= 0.3 is 15.7 Å². The number of rotatable bonds is 4. The molecule has 0 spiro atoms. The Hall–Kier alpha value is -2.86. The van der Waals surface area contributed by atoms with E-state index in [1.54, 1.807) is 37.3 Å². The second-order valence-corrected chi connectivity index (χ2v) is 6.62. The summed E-state index contributed by atoms with van der Waals surface area (Å²) in [5, 5.41) is 1.71. The summed E-state index contributed by atoms with van der Waals surface area (Å²) in [7, 11) is -3.92. The van der Waals surface area contributed by atoms with Gasteiger partial charge in [-0.25, -0.2) is 4.79 Å². The lowest BCUT2D eigenvalue weighted by Crippen LogP contribution is -2.05. The Labute approximate surface area is 138 Å². The smallest absolute Gasteiger partial charge is 0.336 e. The van der Waals surface area contributed by atoms with Gasteiger partial charge in [-0.1, -0.05) is 30.3 Å². The van der Waals surface area contributed by atoms with E-state index in [1.165, 1.54) is 24.3 Å². The van der Waals surface area contributed by atoms with Gasteiger partial charge in [-0.05, 0) is 36.3 Å². The Balaban J connectivity index is 1.88. The molecule has 0 radical (unpaired) electrons. The molecule has 0 saturated carbocycles. The molecule has 3 rings (SSSR count). The molecule has 0 aliphatic carbocycles. The topological polar surface area (TPSA) is 73.6 Å². The Kier molecular flexibility index (Phi) is 4.22. The van der Waals surface area contributed by atoms with E-state index in [1.807, 2.05) is 6.07 Å². The number of benzene rings is 2. The summed E-state index contributed by atoms with van der Waals surface area (Å²) in [5.74, 6) is 0.0777. The van der Waals surface area contributed by atoms with Crippen LogP contribution in [0.4, 0.5) is 0 Å². The van der Waals surface area contributed by atoms with Crippen LogP contribution in [0.15, 0.2) is 69.2 Å². The highest BCUT2D eigenvalue weighted by molar-refractivity contribution is 7.90. The summed E-state index contributed by atoms with van der Waals surface area (Å²) in [6.45, 7) is 1.78. The molecule has 5 nitrogen and oxygen atoms in total. The zero-order chi connectivity index (χ0) is 17.2. The molecule has 0 atom stereocenters. The van der Waals surface area contributed by atoms with E-state index in [2.05, 4.69) is 0 Å². The molecule has 24 heavy (non-hydrogen) atoms. The van der Waals surface area contributed by atoms with E-state index >= 15 is 0 Å². The van der Waals surface area contributed by atoms with Gasteiger partial charge in [0.25, 0.3) is 0 Å². The van der Waals surface area contributed by atoms with Crippen LogP contribution >= 0.6 is 0 Å². The molecule has 3 aromatic rings. The zero-order valence-corrected chi connectivity index (χ0v) is 13.6. The monoisotopic (exact) mass is 342 g/mol. The van der Waals surface area contributed by atoms with E-state index < -0.39 is 15.7 Å². The lowest BCUT2D eigenvalue weighted by Gasteiger charge is -2.05. The predicted octanol–water partition coefficient (Wildman–Crippen LogP) is 3.48. The van der Waals surface area contributed by atoms with Crippen LogP contribution in [0.25, 0.3) is 17.0 Å². The first-order valence-corrected chi connectivity index (χ1v) is 8.62. The van der Waals surface area contributed by atoms with E-state index in [0.29, 0.717) is 0 Å². The van der Waals surface area contributed by atoms with Crippen molar-refractivity contribution in [3.8, 4) is 5.75 Å². The summed E-state index contributed by atoms with van der Waals surface area (Å²) in [6, 6.07) is 14.9. The van der Waals surface area contributed by atoms with Crippen molar-refractivity contribution < 1.29 is 17.0 Å². The van der Waals surface area contributed by atoms with E-state index in [0.717, 1.165) is 21.9 Å². The molecule has 1 heterocycles. The van der Waals surface area contributed by atoms with Crippen LogP contribution in [0.5, 0.6) is 5.75 Å². The number of aryl methyl sites for hydroxylation is 1. The standard InChI is InChI=1S/C18H14O5S/c1-13-11-18(19)22-17-12-15(7-8-16(13)17)23-24(20,21)10-9-14-5-3-2-4-6-14/h2-12H,1H3/b10-9+. The first-order valence-electron chi connectivity index (χ1n) is 7.15. The summed E-state index contributed by atoms with van der Waals surface area (Å²) in [6.07, 6.45) is 1.45. The quantitative estimate of drug-likeness (QED) is 0.536. The molecule has 6 heteroatoms. The first kappa shape index (κ1) is 16.0. The highest BCUT2D eigenvalue weighted by atomic mass is 32.2. The predicted molar refractivity (Wildman–Crippen MR) is 92.2 cm³/mol. The summed E-state index contributed by atoms with van der Waals surface area (Å²) in [4.78, 5) is 11.4. The molecule has 1 aromatic heterocycles. The second kappa shape index (κ2) is 6.33. The fraction of sp³-hybridized carbons (Fsp3) is 0.0556. The lowest BCUT2D eigenvalue weighted by atomic mass is 10.1. The van der Waals surface area contributed by atoms with Crippen LogP contribution in [0.2, 0.25) is 0 Å². The van der Waals surface area contributed by atoms with Gasteiger partial charge in [-0.15, -0.1) is 0 Å². The Morgan fingerprint density at radius 3 is 2.54 bits per heavy atom. The van der Waals surface area contributed by atoms with Crippen molar-refractivity contribution in [3.05, 3.63) is 81.6 Å². The van der Waals surface area contributed by atoms with E-state index in [4.69, 9.17) is 8.60 Å². The summed E-state index contributed by atoms with van der Waals surface area (Å²) < 4.78 is 34.2. The van der Waals surface area contributed by atoms with Crippen molar-refractivity contribution in [3.63, 3.8) is 0 Å². The van der Waals surface area contributed by atoms with Gasteiger partial charge in [0.2, 0.25) is 0 Å². The van der Waals surface area contributed by atoms with Gasteiger partial charge < -0.3 is 8.60 Å². The van der Waals surface area contributed by atoms with Crippen LogP contribution in [0, 0.1) is 6.92 Å². The SMILES string of the molecule is Cc1cc(=O)oc2cc(OS(=O)(=O)/C=C/c3ccccc3)ccc12. The molecule has 0 aliphatic heterocycles. The van der Waals surface area contributed by atoms with E-state index in [9.17, 15) is 13.2 Å². The largest absolute Gasteiger partial charge is 0.423 e. The molecule has 0 amide bonds. The number of hydrogen-bond acceptors (Lipinski definition) is 5. The Bertz CT molecular complexity index is 1060. The maximum absolute atomic E-state index is 12.0. The molecule has 2 aromatic carbocycles. The molecular formula is C18H14O5S. The van der Waals surface area contributed by atoms with E-state index in [-0.39, 0.29) is 11.3 Å². The summed E-state index contributed by atoms with van der Waals surface area (Å²) >= 11 is 0. The third kappa shape index (κ3) is 3.72. The molecule has 0 saturated heterocycles. The van der Waals surface area contributed by atoms with Crippen molar-refractivity contribution in [2.75, 3.05) is 0 Å². The normalized spacial score (nSPS) is 11.9. The van der Waals surface area contributed by atoms with Gasteiger partial charge in [0, 0.05) is 17.5 Å². The minimum atomic E-state index is -3.92. The number of hydrogen-bond donors (Lipinski definition) is 0. The third-order valence-electron chi connectivity index (χ3n) is 3.36. The van der Waals surface area contributed by atoms with Crippen molar-refractivity contribution in [2.45, 2.75) is 6.92 Å². The van der Waals surface area contributed by atoms with Crippen LogP contribution < -0.4 is 9.81 Å². The molecule has 0 N–H and O–H groups in total. The minimum absolute atomic E-state index is 0.0777. The third-order valence-corrected chi connectivity index (χ3v) is 4.26. The van der Waals surface area contributed by atoms with Crippen LogP contribution in [-0.4, -0.2) is 8.42 Å². The van der Waals surface area contributed by atoms with Crippen LogP contribution in [0.1, 0.15) is 11.1 Å². The number of fused-ring (bicyclic) bond motifs is 1. The van der Waals surface area contributed by atoms with Crippen molar-refractivity contribution in [2.24, 2.45) is 0 Å². The average Bonchev–Trinajstić information content (AvgIpc) is 2.53. The minimum Gasteiger partial charge on any atom is -0.423 e. The highest BCUT2D eigenvalue weighted by Crippen LogP contribution is 2.23. The fourth-order valence-electron chi connectivity index (χ4n) is 2.25. The molecular weight excluding hydrogens is 328 g/mol. The van der Waals surface area contributed by atoms with Gasteiger partial charge in [-0.2, -0.15) is 8.42 Å². The lowest BCUT2D eigenvalue weighted by molar-refractivity contribution is 0.495. The molecule has 0 unspecified atom stereocenters. The highest BCUT2D eigenvalue weighted by Gasteiger charge is 2.10. The maximum atomic E-state index is 12.0. The van der Waals surface area contributed by atoms with Gasteiger partial charge in [-0.3, -0.25) is 0 Å². The first-order chi connectivity index (χ1) is 11.4. The van der Waals surface area contributed by atoms with Crippen molar-refractivity contribution >= 4 is 27.2 Å². The zero-order valence-electron chi connectivity index (χ0n) is 12.8. The fourth-order valence-corrected chi connectivity index (χ4v) is 3.00. The second-order valence-electron chi connectivity index (χ2n) is 5.20. The Morgan fingerprint density at radius 2 is 1.79 bits per heavy atom. The Morgan fingerprint density at radius 1 is 1.04 bits per heavy atom. The molecule has 0 fully saturated rings. The average molecular weight is 342 g/mol. The summed E-state index contributed by atoms with van der Waals surface area (Å²) in [5.41, 5.74) is 1.27. The van der Waals surface area contributed by atoms with Crippen molar-refractivity contribution in [1.29, 1.82) is 0 Å². The van der Waals surface area contributed by atoms with Crippen LogP contribution in [0.3, 0.4) is 0 Å². The molecule has 0 aliphatic rings. The van der Waals surface area contributed by atoms with Crippen LogP contribution in [-0.2, 0) is 10.1 Å². The molecule has 0 bridgehead atoms.